The normalized spacial score (nSPS) is 12.6. The van der Waals surface area contributed by atoms with E-state index in [9.17, 15) is 0 Å². The number of hydrogen-bond donors (Lipinski definition) is 2. The summed E-state index contributed by atoms with van der Waals surface area (Å²) in [6.07, 6.45) is 0.497. The second kappa shape index (κ2) is 5.53. The van der Waals surface area contributed by atoms with Gasteiger partial charge in [-0.1, -0.05) is 17.7 Å². The summed E-state index contributed by atoms with van der Waals surface area (Å²) >= 11 is 6.17. The minimum atomic E-state index is -0.252. The zero-order chi connectivity index (χ0) is 12.3. The van der Waals surface area contributed by atoms with Crippen molar-refractivity contribution in [1.82, 2.24) is 0 Å². The molecule has 0 aliphatic rings. The Morgan fingerprint density at radius 3 is 2.56 bits per heavy atom. The number of benzene rings is 1. The minimum Gasteiger partial charge on any atom is -0.495 e. The fourth-order valence-electron chi connectivity index (χ4n) is 1.89. The largest absolute Gasteiger partial charge is 0.495 e. The summed E-state index contributed by atoms with van der Waals surface area (Å²) in [5.74, 6) is 0.625. The Hall–Kier alpha value is -0.770. The molecule has 90 valence electrons. The van der Waals surface area contributed by atoms with Crippen LogP contribution in [0.2, 0.25) is 5.02 Å². The first kappa shape index (κ1) is 13.3. The van der Waals surface area contributed by atoms with Gasteiger partial charge in [0.15, 0.2) is 0 Å². The van der Waals surface area contributed by atoms with E-state index in [0.717, 1.165) is 16.7 Å². The highest BCUT2D eigenvalue weighted by atomic mass is 35.5. The molecule has 0 radical (unpaired) electrons. The van der Waals surface area contributed by atoms with E-state index in [2.05, 4.69) is 0 Å². The van der Waals surface area contributed by atoms with E-state index in [-0.39, 0.29) is 12.6 Å². The summed E-state index contributed by atoms with van der Waals surface area (Å²) in [7, 11) is 1.58. The Morgan fingerprint density at radius 1 is 1.44 bits per heavy atom. The molecule has 4 heteroatoms. The fraction of sp³-hybridized carbons (Fsp3) is 0.500. The summed E-state index contributed by atoms with van der Waals surface area (Å²) in [5, 5.41) is 9.52. The average molecular weight is 244 g/mol. The number of rotatable bonds is 4. The quantitative estimate of drug-likeness (QED) is 0.854. The van der Waals surface area contributed by atoms with Gasteiger partial charge in [-0.3, -0.25) is 0 Å². The van der Waals surface area contributed by atoms with Gasteiger partial charge in [-0.2, -0.15) is 0 Å². The molecule has 0 aromatic heterocycles. The third-order valence-corrected chi connectivity index (χ3v) is 3.13. The van der Waals surface area contributed by atoms with E-state index in [1.165, 1.54) is 0 Å². The monoisotopic (exact) mass is 243 g/mol. The molecule has 0 aliphatic carbocycles. The molecule has 3 N–H and O–H groups in total. The van der Waals surface area contributed by atoms with Crippen molar-refractivity contribution in [3.05, 3.63) is 27.8 Å². The smallest absolute Gasteiger partial charge is 0.142 e. The highest BCUT2D eigenvalue weighted by Gasteiger charge is 2.18. The molecule has 1 rings (SSSR count). The van der Waals surface area contributed by atoms with Crippen LogP contribution in [0.4, 0.5) is 0 Å². The van der Waals surface area contributed by atoms with Crippen molar-refractivity contribution in [2.45, 2.75) is 26.3 Å². The van der Waals surface area contributed by atoms with Gasteiger partial charge in [0.1, 0.15) is 5.75 Å². The number of nitrogens with two attached hydrogens (primary N) is 1. The number of halogens is 1. The SMILES string of the molecule is COc1c(Cl)c(C)cc(C)c1C(N)CCO. The summed E-state index contributed by atoms with van der Waals surface area (Å²) in [5.41, 5.74) is 8.89. The zero-order valence-electron chi connectivity index (χ0n) is 9.88. The standard InChI is InChI=1S/C12H18ClNO2/c1-7-6-8(2)11(13)12(16-3)10(7)9(14)4-5-15/h6,9,15H,4-5,14H2,1-3H3. The summed E-state index contributed by atoms with van der Waals surface area (Å²) < 4.78 is 5.31. The van der Waals surface area contributed by atoms with Crippen LogP contribution in [-0.4, -0.2) is 18.8 Å². The molecule has 16 heavy (non-hydrogen) atoms. The van der Waals surface area contributed by atoms with E-state index < -0.39 is 0 Å². The molecule has 1 aromatic rings. The van der Waals surface area contributed by atoms with Gasteiger partial charge in [0.2, 0.25) is 0 Å². The van der Waals surface area contributed by atoms with Gasteiger partial charge in [-0.25, -0.2) is 0 Å². The Kier molecular flexibility index (Phi) is 4.59. The highest BCUT2D eigenvalue weighted by molar-refractivity contribution is 6.33. The topological polar surface area (TPSA) is 55.5 Å². The number of ether oxygens (including phenoxy) is 1. The Bertz CT molecular complexity index is 380. The Labute approximate surface area is 101 Å². The molecule has 0 saturated carbocycles. The molecule has 1 unspecified atom stereocenters. The molecule has 0 fully saturated rings. The van der Waals surface area contributed by atoms with Crippen LogP contribution in [0.25, 0.3) is 0 Å². The Morgan fingerprint density at radius 2 is 2.06 bits per heavy atom. The first-order chi connectivity index (χ1) is 7.52. The van der Waals surface area contributed by atoms with E-state index in [4.69, 9.17) is 27.2 Å². The second-order valence-corrected chi connectivity index (χ2v) is 4.27. The molecule has 1 atom stereocenters. The minimum absolute atomic E-state index is 0.0508. The van der Waals surface area contributed by atoms with Crippen molar-refractivity contribution < 1.29 is 9.84 Å². The van der Waals surface area contributed by atoms with Crippen molar-refractivity contribution in [2.24, 2.45) is 5.73 Å². The molecule has 0 amide bonds. The zero-order valence-corrected chi connectivity index (χ0v) is 10.6. The van der Waals surface area contributed by atoms with Gasteiger partial charge in [0.25, 0.3) is 0 Å². The number of aliphatic hydroxyl groups excluding tert-OH is 1. The van der Waals surface area contributed by atoms with E-state index in [1.807, 2.05) is 19.9 Å². The van der Waals surface area contributed by atoms with Crippen molar-refractivity contribution in [3.8, 4) is 5.75 Å². The number of aryl methyl sites for hydroxylation is 2. The van der Waals surface area contributed by atoms with Crippen LogP contribution in [0.15, 0.2) is 6.07 Å². The third kappa shape index (κ3) is 2.48. The van der Waals surface area contributed by atoms with Crippen LogP contribution in [0.3, 0.4) is 0 Å². The number of hydrogen-bond acceptors (Lipinski definition) is 3. The van der Waals surface area contributed by atoms with Crippen LogP contribution in [0.1, 0.15) is 29.2 Å². The molecular weight excluding hydrogens is 226 g/mol. The number of methoxy groups -OCH3 is 1. The molecule has 0 aliphatic heterocycles. The summed E-state index contributed by atoms with van der Waals surface area (Å²) in [6, 6.07) is 1.73. The van der Waals surface area contributed by atoms with Crippen LogP contribution >= 0.6 is 11.6 Å². The van der Waals surface area contributed by atoms with Gasteiger partial charge in [-0.05, 0) is 31.4 Å². The molecule has 0 spiro atoms. The maximum absolute atomic E-state index is 8.92. The summed E-state index contributed by atoms with van der Waals surface area (Å²) in [4.78, 5) is 0. The predicted molar refractivity (Wildman–Crippen MR) is 66.1 cm³/mol. The van der Waals surface area contributed by atoms with Gasteiger partial charge in [0, 0.05) is 18.2 Å². The van der Waals surface area contributed by atoms with Gasteiger partial charge < -0.3 is 15.6 Å². The first-order valence-electron chi connectivity index (χ1n) is 5.23. The summed E-state index contributed by atoms with van der Waals surface area (Å²) in [6.45, 7) is 3.95. The Balaban J connectivity index is 3.30. The molecule has 0 heterocycles. The molecular formula is C12H18ClNO2. The fourth-order valence-corrected chi connectivity index (χ4v) is 2.12. The van der Waals surface area contributed by atoms with Crippen LogP contribution in [-0.2, 0) is 0 Å². The first-order valence-corrected chi connectivity index (χ1v) is 5.60. The van der Waals surface area contributed by atoms with Crippen LogP contribution in [0.5, 0.6) is 5.75 Å². The lowest BCUT2D eigenvalue weighted by atomic mass is 9.96. The van der Waals surface area contributed by atoms with Crippen LogP contribution < -0.4 is 10.5 Å². The molecule has 0 bridgehead atoms. The van der Waals surface area contributed by atoms with E-state index >= 15 is 0 Å². The molecule has 1 aromatic carbocycles. The lowest BCUT2D eigenvalue weighted by Gasteiger charge is -2.20. The maximum atomic E-state index is 8.92. The lowest BCUT2D eigenvalue weighted by molar-refractivity contribution is 0.275. The van der Waals surface area contributed by atoms with Crippen molar-refractivity contribution in [3.63, 3.8) is 0 Å². The van der Waals surface area contributed by atoms with Crippen LogP contribution in [0, 0.1) is 13.8 Å². The predicted octanol–water partition coefficient (Wildman–Crippen LogP) is 2.35. The number of aliphatic hydroxyl groups is 1. The lowest BCUT2D eigenvalue weighted by Crippen LogP contribution is -2.15. The van der Waals surface area contributed by atoms with Crippen molar-refractivity contribution in [1.29, 1.82) is 0 Å². The van der Waals surface area contributed by atoms with Gasteiger partial charge >= 0.3 is 0 Å². The third-order valence-electron chi connectivity index (χ3n) is 2.66. The van der Waals surface area contributed by atoms with Crippen molar-refractivity contribution in [2.75, 3.05) is 13.7 Å². The highest BCUT2D eigenvalue weighted by Crippen LogP contribution is 2.37. The molecule has 0 saturated heterocycles. The maximum Gasteiger partial charge on any atom is 0.142 e. The van der Waals surface area contributed by atoms with E-state index in [1.54, 1.807) is 7.11 Å². The molecule has 3 nitrogen and oxygen atoms in total. The van der Waals surface area contributed by atoms with Crippen molar-refractivity contribution >= 4 is 11.6 Å². The van der Waals surface area contributed by atoms with Gasteiger partial charge in [0.05, 0.1) is 12.1 Å². The van der Waals surface area contributed by atoms with E-state index in [0.29, 0.717) is 17.2 Å². The second-order valence-electron chi connectivity index (χ2n) is 3.89. The van der Waals surface area contributed by atoms with Gasteiger partial charge in [-0.15, -0.1) is 0 Å². The average Bonchev–Trinajstić information content (AvgIpc) is 2.23.